The number of hydrogen-bond donors (Lipinski definition) is 1. The van der Waals surface area contributed by atoms with E-state index in [2.05, 4.69) is 31.0 Å². The number of carbonyl (C=O) groups is 1. The summed E-state index contributed by atoms with van der Waals surface area (Å²) in [6.07, 6.45) is 0. The van der Waals surface area contributed by atoms with Crippen molar-refractivity contribution in [2.45, 2.75) is 39.3 Å². The van der Waals surface area contributed by atoms with Gasteiger partial charge in [0.1, 0.15) is 6.61 Å². The second-order valence-corrected chi connectivity index (χ2v) is 5.87. The van der Waals surface area contributed by atoms with Crippen LogP contribution in [0.15, 0.2) is 0 Å². The maximum absolute atomic E-state index is 11.6. The lowest BCUT2D eigenvalue weighted by atomic mass is 10.1. The molecular formula is C13H26N2O3. The van der Waals surface area contributed by atoms with Gasteiger partial charge in [0, 0.05) is 24.7 Å². The van der Waals surface area contributed by atoms with Crippen LogP contribution in [0.2, 0.25) is 0 Å². The molecule has 5 heteroatoms. The Morgan fingerprint density at radius 3 is 2.56 bits per heavy atom. The summed E-state index contributed by atoms with van der Waals surface area (Å²) < 4.78 is 10.5. The SMILES string of the molecule is C[C@@H](COC(=O)CN1CCOCC1)NC(C)(C)C. The Balaban J connectivity index is 2.16. The molecule has 5 nitrogen and oxygen atoms in total. The molecule has 1 rings (SSSR count). The average molecular weight is 258 g/mol. The van der Waals surface area contributed by atoms with E-state index >= 15 is 0 Å². The first-order chi connectivity index (χ1) is 8.37. The molecule has 1 atom stereocenters. The largest absolute Gasteiger partial charge is 0.463 e. The van der Waals surface area contributed by atoms with E-state index in [9.17, 15) is 4.79 Å². The van der Waals surface area contributed by atoms with Crippen molar-refractivity contribution in [2.75, 3.05) is 39.5 Å². The lowest BCUT2D eigenvalue weighted by Crippen LogP contribution is -2.45. The monoisotopic (exact) mass is 258 g/mol. The zero-order chi connectivity index (χ0) is 13.6. The Bertz CT molecular complexity index is 257. The first kappa shape index (κ1) is 15.4. The minimum absolute atomic E-state index is 0.0377. The van der Waals surface area contributed by atoms with Crippen molar-refractivity contribution in [3.05, 3.63) is 0 Å². The third-order valence-electron chi connectivity index (χ3n) is 2.63. The van der Waals surface area contributed by atoms with E-state index in [0.717, 1.165) is 13.1 Å². The molecule has 0 aromatic rings. The third-order valence-corrected chi connectivity index (χ3v) is 2.63. The van der Waals surface area contributed by atoms with Gasteiger partial charge in [-0.25, -0.2) is 0 Å². The molecule has 0 aromatic carbocycles. The number of hydrogen-bond acceptors (Lipinski definition) is 5. The van der Waals surface area contributed by atoms with Crippen LogP contribution >= 0.6 is 0 Å². The van der Waals surface area contributed by atoms with Crippen LogP contribution in [0, 0.1) is 0 Å². The highest BCUT2D eigenvalue weighted by Gasteiger charge is 2.17. The number of nitrogens with one attached hydrogen (secondary N) is 1. The quantitative estimate of drug-likeness (QED) is 0.733. The molecule has 106 valence electrons. The minimum atomic E-state index is -0.153. The number of nitrogens with zero attached hydrogens (tertiary/aromatic N) is 1. The van der Waals surface area contributed by atoms with E-state index in [4.69, 9.17) is 9.47 Å². The summed E-state index contributed by atoms with van der Waals surface area (Å²) >= 11 is 0. The lowest BCUT2D eigenvalue weighted by molar-refractivity contribution is -0.146. The van der Waals surface area contributed by atoms with Crippen LogP contribution in [-0.2, 0) is 14.3 Å². The van der Waals surface area contributed by atoms with Crippen molar-refractivity contribution in [3.8, 4) is 0 Å². The Labute approximate surface area is 110 Å². The van der Waals surface area contributed by atoms with Crippen LogP contribution in [0.1, 0.15) is 27.7 Å². The first-order valence-corrected chi connectivity index (χ1v) is 6.60. The topological polar surface area (TPSA) is 50.8 Å². The molecule has 1 aliphatic heterocycles. The summed E-state index contributed by atoms with van der Waals surface area (Å²) in [6, 6.07) is 0.165. The number of ether oxygens (including phenoxy) is 2. The molecule has 1 heterocycles. The van der Waals surface area contributed by atoms with Crippen LogP contribution < -0.4 is 5.32 Å². The van der Waals surface area contributed by atoms with Gasteiger partial charge in [-0.2, -0.15) is 0 Å². The van der Waals surface area contributed by atoms with E-state index < -0.39 is 0 Å². The summed E-state index contributed by atoms with van der Waals surface area (Å²) in [7, 11) is 0. The molecule has 0 aromatic heterocycles. The van der Waals surface area contributed by atoms with Crippen LogP contribution in [-0.4, -0.2) is 61.9 Å². The predicted molar refractivity (Wildman–Crippen MR) is 70.6 cm³/mol. The van der Waals surface area contributed by atoms with E-state index in [0.29, 0.717) is 26.4 Å². The van der Waals surface area contributed by atoms with Gasteiger partial charge in [-0.05, 0) is 27.7 Å². The van der Waals surface area contributed by atoms with Gasteiger partial charge >= 0.3 is 5.97 Å². The van der Waals surface area contributed by atoms with Crippen LogP contribution in [0.25, 0.3) is 0 Å². The molecule has 1 fully saturated rings. The van der Waals surface area contributed by atoms with Crippen LogP contribution in [0.5, 0.6) is 0 Å². The van der Waals surface area contributed by atoms with Crippen molar-refractivity contribution in [3.63, 3.8) is 0 Å². The summed E-state index contributed by atoms with van der Waals surface area (Å²) in [6.45, 7) is 12.1. The Morgan fingerprint density at radius 1 is 1.39 bits per heavy atom. The highest BCUT2D eigenvalue weighted by atomic mass is 16.5. The van der Waals surface area contributed by atoms with Crippen LogP contribution in [0.4, 0.5) is 0 Å². The fourth-order valence-corrected chi connectivity index (χ4v) is 1.99. The van der Waals surface area contributed by atoms with Crippen molar-refractivity contribution in [1.82, 2.24) is 10.2 Å². The summed E-state index contributed by atoms with van der Waals surface area (Å²) in [4.78, 5) is 13.7. The Kier molecular flexibility index (Phi) is 6.05. The summed E-state index contributed by atoms with van der Waals surface area (Å²) in [5, 5.41) is 3.37. The second kappa shape index (κ2) is 7.07. The molecule has 0 aliphatic carbocycles. The first-order valence-electron chi connectivity index (χ1n) is 6.60. The van der Waals surface area contributed by atoms with E-state index in [-0.39, 0.29) is 17.6 Å². The van der Waals surface area contributed by atoms with Crippen molar-refractivity contribution >= 4 is 5.97 Å². The van der Waals surface area contributed by atoms with E-state index in [1.165, 1.54) is 0 Å². The normalized spacial score (nSPS) is 19.6. The predicted octanol–water partition coefficient (Wildman–Crippen LogP) is 0.638. The molecule has 0 unspecified atom stereocenters. The molecule has 18 heavy (non-hydrogen) atoms. The molecule has 1 saturated heterocycles. The van der Waals surface area contributed by atoms with Crippen molar-refractivity contribution < 1.29 is 14.3 Å². The number of esters is 1. The standard InChI is InChI=1S/C13H26N2O3/c1-11(14-13(2,3)4)10-18-12(16)9-15-5-7-17-8-6-15/h11,14H,5-10H2,1-4H3/t11-/m0/s1. The van der Waals surface area contributed by atoms with Crippen LogP contribution in [0.3, 0.4) is 0 Å². The van der Waals surface area contributed by atoms with Gasteiger partial charge in [0.05, 0.1) is 19.8 Å². The Morgan fingerprint density at radius 2 is 2.00 bits per heavy atom. The van der Waals surface area contributed by atoms with Gasteiger partial charge in [0.2, 0.25) is 0 Å². The zero-order valence-electron chi connectivity index (χ0n) is 12.0. The summed E-state index contributed by atoms with van der Waals surface area (Å²) in [5.41, 5.74) is 0.0377. The highest BCUT2D eigenvalue weighted by molar-refractivity contribution is 5.71. The van der Waals surface area contributed by atoms with Gasteiger partial charge in [0.15, 0.2) is 0 Å². The molecular weight excluding hydrogens is 232 g/mol. The number of morpholine rings is 1. The molecule has 1 N–H and O–H groups in total. The highest BCUT2D eigenvalue weighted by Crippen LogP contribution is 2.02. The van der Waals surface area contributed by atoms with E-state index in [1.807, 2.05) is 6.92 Å². The molecule has 0 radical (unpaired) electrons. The van der Waals surface area contributed by atoms with Gasteiger partial charge in [-0.3, -0.25) is 9.69 Å². The van der Waals surface area contributed by atoms with Gasteiger partial charge in [-0.15, -0.1) is 0 Å². The van der Waals surface area contributed by atoms with Crippen molar-refractivity contribution in [1.29, 1.82) is 0 Å². The number of rotatable bonds is 5. The fraction of sp³-hybridized carbons (Fsp3) is 0.923. The molecule has 0 amide bonds. The van der Waals surface area contributed by atoms with Gasteiger partial charge < -0.3 is 14.8 Å². The van der Waals surface area contributed by atoms with Gasteiger partial charge in [-0.1, -0.05) is 0 Å². The fourth-order valence-electron chi connectivity index (χ4n) is 1.99. The number of carbonyl (C=O) groups excluding carboxylic acids is 1. The maximum atomic E-state index is 11.6. The second-order valence-electron chi connectivity index (χ2n) is 5.87. The minimum Gasteiger partial charge on any atom is -0.463 e. The zero-order valence-corrected chi connectivity index (χ0v) is 12.0. The molecule has 0 saturated carbocycles. The molecule has 0 bridgehead atoms. The Hall–Kier alpha value is -0.650. The average Bonchev–Trinajstić information content (AvgIpc) is 2.25. The third kappa shape index (κ3) is 6.93. The smallest absolute Gasteiger partial charge is 0.320 e. The van der Waals surface area contributed by atoms with E-state index in [1.54, 1.807) is 0 Å². The van der Waals surface area contributed by atoms with Crippen molar-refractivity contribution in [2.24, 2.45) is 0 Å². The maximum Gasteiger partial charge on any atom is 0.320 e. The van der Waals surface area contributed by atoms with Gasteiger partial charge in [0.25, 0.3) is 0 Å². The summed E-state index contributed by atoms with van der Waals surface area (Å²) in [5.74, 6) is -0.153. The lowest BCUT2D eigenvalue weighted by Gasteiger charge is -2.27. The molecule has 0 spiro atoms. The molecule has 1 aliphatic rings.